The number of ether oxygens (including phenoxy) is 1. The van der Waals surface area contributed by atoms with Crippen molar-refractivity contribution in [1.82, 2.24) is 0 Å². The molecule has 2 N–H and O–H groups in total. The average Bonchev–Trinajstić information content (AvgIpc) is 2.48. The lowest BCUT2D eigenvalue weighted by atomic mass is 9.69. The molecule has 21 heavy (non-hydrogen) atoms. The Kier molecular flexibility index (Phi) is 4.48. The van der Waals surface area contributed by atoms with E-state index in [9.17, 15) is 4.39 Å². The third-order valence-corrected chi connectivity index (χ3v) is 5.41. The van der Waals surface area contributed by atoms with Crippen LogP contribution in [0.15, 0.2) is 18.2 Å². The fourth-order valence-electron chi connectivity index (χ4n) is 3.72. The Hall–Kier alpha value is -1.09. The largest absolute Gasteiger partial charge is 0.493 e. The second-order valence-electron chi connectivity index (χ2n) is 6.79. The number of rotatable bonds is 5. The molecule has 0 bridgehead atoms. The minimum atomic E-state index is -0.181. The molecule has 2 nitrogen and oxygen atoms in total. The van der Waals surface area contributed by atoms with Gasteiger partial charge in [0.15, 0.2) is 0 Å². The van der Waals surface area contributed by atoms with Crippen molar-refractivity contribution in [3.8, 4) is 5.75 Å². The van der Waals surface area contributed by atoms with Crippen LogP contribution in [-0.2, 0) is 5.41 Å². The Labute approximate surface area is 126 Å². The number of hydrogen-bond donors (Lipinski definition) is 1. The van der Waals surface area contributed by atoms with Crippen LogP contribution < -0.4 is 10.5 Å². The molecule has 2 fully saturated rings. The Balaban J connectivity index is 1.85. The lowest BCUT2D eigenvalue weighted by Crippen LogP contribution is -2.37. The van der Waals surface area contributed by atoms with Gasteiger partial charge in [0.2, 0.25) is 0 Å². The van der Waals surface area contributed by atoms with Crippen molar-refractivity contribution >= 4 is 0 Å². The van der Waals surface area contributed by atoms with Crippen LogP contribution in [0.4, 0.5) is 4.39 Å². The van der Waals surface area contributed by atoms with E-state index in [-0.39, 0.29) is 11.2 Å². The van der Waals surface area contributed by atoms with E-state index in [1.54, 1.807) is 12.1 Å². The summed E-state index contributed by atoms with van der Waals surface area (Å²) in [5, 5.41) is 0. The highest BCUT2D eigenvalue weighted by molar-refractivity contribution is 5.41. The van der Waals surface area contributed by atoms with Gasteiger partial charge in [-0.1, -0.05) is 25.7 Å². The Morgan fingerprint density at radius 2 is 1.90 bits per heavy atom. The fourth-order valence-corrected chi connectivity index (χ4v) is 3.72. The zero-order valence-electron chi connectivity index (χ0n) is 12.7. The van der Waals surface area contributed by atoms with Crippen LogP contribution in [0.25, 0.3) is 0 Å². The Morgan fingerprint density at radius 3 is 2.52 bits per heavy atom. The van der Waals surface area contributed by atoms with Crippen molar-refractivity contribution in [2.75, 3.05) is 13.2 Å². The van der Waals surface area contributed by atoms with Crippen molar-refractivity contribution in [3.05, 3.63) is 29.6 Å². The van der Waals surface area contributed by atoms with Gasteiger partial charge in [-0.05, 0) is 49.8 Å². The predicted octanol–water partition coefficient (Wildman–Crippen LogP) is 4.17. The molecule has 0 radical (unpaired) electrons. The van der Waals surface area contributed by atoms with Crippen molar-refractivity contribution in [3.63, 3.8) is 0 Å². The molecule has 2 saturated carbocycles. The third kappa shape index (κ3) is 3.08. The van der Waals surface area contributed by atoms with E-state index >= 15 is 0 Å². The number of nitrogens with two attached hydrogens (primary N) is 1. The summed E-state index contributed by atoms with van der Waals surface area (Å²) in [7, 11) is 0. The first-order chi connectivity index (χ1) is 10.2. The van der Waals surface area contributed by atoms with E-state index in [0.29, 0.717) is 12.5 Å². The van der Waals surface area contributed by atoms with Gasteiger partial charge < -0.3 is 10.5 Å². The summed E-state index contributed by atoms with van der Waals surface area (Å²) < 4.78 is 19.8. The minimum Gasteiger partial charge on any atom is -0.493 e. The first kappa shape index (κ1) is 14.8. The van der Waals surface area contributed by atoms with Gasteiger partial charge in [-0.15, -0.1) is 0 Å². The van der Waals surface area contributed by atoms with Gasteiger partial charge in [0, 0.05) is 17.5 Å². The summed E-state index contributed by atoms with van der Waals surface area (Å²) in [5.41, 5.74) is 7.02. The predicted molar refractivity (Wildman–Crippen MR) is 83.1 cm³/mol. The van der Waals surface area contributed by atoms with E-state index < -0.39 is 0 Å². The van der Waals surface area contributed by atoms with Gasteiger partial charge in [-0.25, -0.2) is 4.39 Å². The van der Waals surface area contributed by atoms with Crippen LogP contribution in [0.2, 0.25) is 0 Å². The molecular formula is C18H26FNO. The molecule has 0 spiro atoms. The minimum absolute atomic E-state index is 0.0880. The van der Waals surface area contributed by atoms with E-state index in [1.807, 2.05) is 0 Å². The molecule has 2 aliphatic carbocycles. The molecular weight excluding hydrogens is 265 g/mol. The van der Waals surface area contributed by atoms with Gasteiger partial charge in [-0.2, -0.15) is 0 Å². The highest BCUT2D eigenvalue weighted by atomic mass is 19.1. The second kappa shape index (κ2) is 6.35. The highest BCUT2D eigenvalue weighted by Gasteiger charge is 2.35. The molecule has 1 aromatic rings. The van der Waals surface area contributed by atoms with Crippen molar-refractivity contribution in [1.29, 1.82) is 0 Å². The molecule has 0 saturated heterocycles. The maximum Gasteiger partial charge on any atom is 0.123 e. The summed E-state index contributed by atoms with van der Waals surface area (Å²) in [5.74, 6) is 1.36. The van der Waals surface area contributed by atoms with Crippen molar-refractivity contribution in [2.45, 2.75) is 56.8 Å². The first-order valence-corrected chi connectivity index (χ1v) is 8.36. The molecule has 3 rings (SSSR count). The normalized spacial score (nSPS) is 21.8. The van der Waals surface area contributed by atoms with E-state index in [1.165, 1.54) is 44.6 Å². The first-order valence-electron chi connectivity index (χ1n) is 8.36. The van der Waals surface area contributed by atoms with Gasteiger partial charge in [0.1, 0.15) is 11.6 Å². The molecule has 0 aliphatic heterocycles. The fraction of sp³-hybridized carbons (Fsp3) is 0.667. The van der Waals surface area contributed by atoms with Crippen LogP contribution in [-0.4, -0.2) is 13.2 Å². The Morgan fingerprint density at radius 1 is 1.14 bits per heavy atom. The number of hydrogen-bond acceptors (Lipinski definition) is 2. The topological polar surface area (TPSA) is 35.2 Å². The quantitative estimate of drug-likeness (QED) is 0.884. The summed E-state index contributed by atoms with van der Waals surface area (Å²) in [6.45, 7) is 1.34. The molecule has 0 heterocycles. The monoisotopic (exact) mass is 291 g/mol. The van der Waals surface area contributed by atoms with Crippen LogP contribution >= 0.6 is 0 Å². The van der Waals surface area contributed by atoms with Crippen LogP contribution in [0.1, 0.15) is 56.9 Å². The lowest BCUT2D eigenvalue weighted by Gasteiger charge is -2.38. The maximum absolute atomic E-state index is 13.8. The Bertz CT molecular complexity index is 478. The zero-order valence-corrected chi connectivity index (χ0v) is 12.7. The lowest BCUT2D eigenvalue weighted by molar-refractivity contribution is 0.174. The molecule has 0 aromatic heterocycles. The molecule has 116 valence electrons. The summed E-state index contributed by atoms with van der Waals surface area (Å²) >= 11 is 0. The number of halogens is 1. The molecule has 0 atom stereocenters. The van der Waals surface area contributed by atoms with E-state index in [2.05, 4.69) is 0 Å². The second-order valence-corrected chi connectivity index (χ2v) is 6.79. The molecule has 3 heteroatoms. The van der Waals surface area contributed by atoms with Gasteiger partial charge in [-0.3, -0.25) is 0 Å². The standard InChI is InChI=1S/C18H26FNO/c19-15-7-8-17(21-12-14-5-4-6-14)16(11-15)18(13-20)9-2-1-3-10-18/h7-8,11,14H,1-6,9-10,12-13,20H2. The molecule has 1 aromatic carbocycles. The zero-order chi connectivity index (χ0) is 14.7. The van der Waals surface area contributed by atoms with Crippen LogP contribution in [0.5, 0.6) is 5.75 Å². The molecule has 2 aliphatic rings. The van der Waals surface area contributed by atoms with Crippen LogP contribution in [0, 0.1) is 11.7 Å². The third-order valence-electron chi connectivity index (χ3n) is 5.41. The van der Waals surface area contributed by atoms with Crippen LogP contribution in [0.3, 0.4) is 0 Å². The highest BCUT2D eigenvalue weighted by Crippen LogP contribution is 2.43. The van der Waals surface area contributed by atoms with E-state index in [4.69, 9.17) is 10.5 Å². The van der Waals surface area contributed by atoms with Gasteiger partial charge in [0.05, 0.1) is 6.61 Å². The van der Waals surface area contributed by atoms with E-state index in [0.717, 1.165) is 30.8 Å². The SMILES string of the molecule is NCC1(c2cc(F)ccc2OCC2CCC2)CCCCC1. The summed E-state index contributed by atoms with van der Waals surface area (Å²) in [6, 6.07) is 4.97. The summed E-state index contributed by atoms with van der Waals surface area (Å²) in [4.78, 5) is 0. The summed E-state index contributed by atoms with van der Waals surface area (Å²) in [6.07, 6.45) is 9.55. The molecule has 0 unspecified atom stereocenters. The van der Waals surface area contributed by atoms with Crippen molar-refractivity contribution < 1.29 is 9.13 Å². The number of benzene rings is 1. The van der Waals surface area contributed by atoms with Crippen molar-refractivity contribution in [2.24, 2.45) is 11.7 Å². The maximum atomic E-state index is 13.8. The van der Waals surface area contributed by atoms with Gasteiger partial charge in [0.25, 0.3) is 0 Å². The molecule has 0 amide bonds. The van der Waals surface area contributed by atoms with Gasteiger partial charge >= 0.3 is 0 Å². The smallest absolute Gasteiger partial charge is 0.123 e. The average molecular weight is 291 g/mol.